The van der Waals surface area contributed by atoms with Gasteiger partial charge in [0.2, 0.25) is 0 Å². The molecule has 1 aromatic rings. The molecule has 1 unspecified atom stereocenters. The van der Waals surface area contributed by atoms with E-state index >= 15 is 0 Å². The Hall–Kier alpha value is -1.55. The van der Waals surface area contributed by atoms with E-state index in [9.17, 15) is 4.79 Å². The first-order valence-corrected chi connectivity index (χ1v) is 6.70. The minimum absolute atomic E-state index is 0.0557. The van der Waals surface area contributed by atoms with Gasteiger partial charge in [0, 0.05) is 18.2 Å². The highest BCUT2D eigenvalue weighted by molar-refractivity contribution is 5.77. The molecular weight excluding hydrogens is 240 g/mol. The second kappa shape index (κ2) is 7.79. The second-order valence-corrected chi connectivity index (χ2v) is 5.03. The molecule has 0 bridgehead atoms. The van der Waals surface area contributed by atoms with Gasteiger partial charge in [0.25, 0.3) is 5.91 Å². The van der Waals surface area contributed by atoms with Gasteiger partial charge in [-0.05, 0) is 26.0 Å². The van der Waals surface area contributed by atoms with Crippen molar-refractivity contribution < 1.29 is 9.53 Å². The molecule has 1 aromatic carbocycles. The van der Waals surface area contributed by atoms with E-state index in [1.807, 2.05) is 31.3 Å². The van der Waals surface area contributed by atoms with Crippen LogP contribution in [0.15, 0.2) is 24.3 Å². The normalized spacial score (nSPS) is 12.3. The Balaban J connectivity index is 2.55. The number of rotatable bonds is 7. The predicted molar refractivity (Wildman–Crippen MR) is 77.3 cm³/mol. The van der Waals surface area contributed by atoms with Crippen molar-refractivity contribution in [2.75, 3.05) is 20.2 Å². The number of para-hydroxylation sites is 1. The lowest BCUT2D eigenvalue weighted by atomic mass is 10.1. The molecule has 4 nitrogen and oxygen atoms in total. The van der Waals surface area contributed by atoms with Crippen LogP contribution in [0, 0.1) is 5.92 Å². The van der Waals surface area contributed by atoms with Crippen LogP contribution in [0.4, 0.5) is 0 Å². The maximum Gasteiger partial charge on any atom is 0.257 e. The van der Waals surface area contributed by atoms with Gasteiger partial charge >= 0.3 is 0 Å². The van der Waals surface area contributed by atoms with Crippen molar-refractivity contribution in [2.24, 2.45) is 5.92 Å². The summed E-state index contributed by atoms with van der Waals surface area (Å²) in [7, 11) is 1.90. The lowest BCUT2D eigenvalue weighted by Crippen LogP contribution is -2.32. The van der Waals surface area contributed by atoms with Gasteiger partial charge in [0.15, 0.2) is 6.61 Å². The first-order valence-electron chi connectivity index (χ1n) is 6.70. The van der Waals surface area contributed by atoms with E-state index in [2.05, 4.69) is 31.4 Å². The van der Waals surface area contributed by atoms with Gasteiger partial charge in [-0.2, -0.15) is 0 Å². The fraction of sp³-hybridized carbons (Fsp3) is 0.533. The van der Waals surface area contributed by atoms with Crippen molar-refractivity contribution >= 4 is 5.91 Å². The van der Waals surface area contributed by atoms with Crippen LogP contribution in [-0.4, -0.2) is 26.1 Å². The molecule has 0 fully saturated rings. The molecule has 0 aromatic heterocycles. The number of carbonyl (C=O) groups is 1. The molecule has 1 rings (SSSR count). The molecule has 0 spiro atoms. The maximum atomic E-state index is 11.6. The van der Waals surface area contributed by atoms with Crippen LogP contribution in [0.25, 0.3) is 0 Å². The van der Waals surface area contributed by atoms with Crippen LogP contribution < -0.4 is 15.4 Å². The first kappa shape index (κ1) is 15.5. The molecule has 0 heterocycles. The summed E-state index contributed by atoms with van der Waals surface area (Å²) in [6.07, 6.45) is 0. The molecule has 0 saturated carbocycles. The van der Waals surface area contributed by atoms with E-state index in [1.165, 1.54) is 0 Å². The molecule has 1 amide bonds. The number of benzene rings is 1. The van der Waals surface area contributed by atoms with Crippen molar-refractivity contribution in [3.8, 4) is 5.75 Å². The highest BCUT2D eigenvalue weighted by atomic mass is 16.5. The number of hydrogen-bond donors (Lipinski definition) is 2. The average molecular weight is 264 g/mol. The van der Waals surface area contributed by atoms with Gasteiger partial charge in [-0.15, -0.1) is 0 Å². The summed E-state index contributed by atoms with van der Waals surface area (Å²) in [5.74, 6) is 1.12. The Morgan fingerprint density at radius 3 is 2.58 bits per heavy atom. The Morgan fingerprint density at radius 2 is 1.95 bits per heavy atom. The number of nitrogens with one attached hydrogen (secondary N) is 2. The molecule has 2 N–H and O–H groups in total. The first-order chi connectivity index (χ1) is 9.04. The van der Waals surface area contributed by atoms with Gasteiger partial charge in [-0.3, -0.25) is 4.79 Å². The van der Waals surface area contributed by atoms with E-state index in [0.29, 0.717) is 12.5 Å². The second-order valence-electron chi connectivity index (χ2n) is 5.03. The zero-order valence-corrected chi connectivity index (χ0v) is 12.2. The average Bonchev–Trinajstić information content (AvgIpc) is 2.42. The Labute approximate surface area is 115 Å². The molecule has 0 aliphatic heterocycles. The van der Waals surface area contributed by atoms with Gasteiger partial charge in [-0.1, -0.05) is 32.0 Å². The van der Waals surface area contributed by atoms with Gasteiger partial charge < -0.3 is 15.4 Å². The van der Waals surface area contributed by atoms with E-state index in [-0.39, 0.29) is 18.6 Å². The number of ether oxygens (including phenoxy) is 1. The summed E-state index contributed by atoms with van der Waals surface area (Å²) < 4.78 is 5.60. The van der Waals surface area contributed by atoms with Crippen LogP contribution in [0.1, 0.15) is 32.4 Å². The Bertz CT molecular complexity index is 405. The van der Waals surface area contributed by atoms with E-state index in [4.69, 9.17) is 4.74 Å². The lowest BCUT2D eigenvalue weighted by Gasteiger charge is -2.16. The van der Waals surface area contributed by atoms with Crippen LogP contribution in [0.2, 0.25) is 0 Å². The summed E-state index contributed by atoms with van der Waals surface area (Å²) in [4.78, 5) is 11.6. The van der Waals surface area contributed by atoms with Crippen LogP contribution in [0.3, 0.4) is 0 Å². The van der Waals surface area contributed by atoms with Crippen molar-refractivity contribution in [1.82, 2.24) is 10.6 Å². The Morgan fingerprint density at radius 1 is 1.26 bits per heavy atom. The van der Waals surface area contributed by atoms with Crippen molar-refractivity contribution in [3.05, 3.63) is 29.8 Å². The standard InChI is InChI=1S/C15H24N2O2/c1-11(2)9-17-15(18)10-19-14-8-6-5-7-13(14)12(3)16-4/h5-8,11-12,16H,9-10H2,1-4H3,(H,17,18). The molecule has 0 aliphatic rings. The van der Waals surface area contributed by atoms with E-state index in [0.717, 1.165) is 11.3 Å². The monoisotopic (exact) mass is 264 g/mol. The van der Waals surface area contributed by atoms with Crippen molar-refractivity contribution in [2.45, 2.75) is 26.8 Å². The molecule has 19 heavy (non-hydrogen) atoms. The third kappa shape index (κ3) is 5.30. The topological polar surface area (TPSA) is 50.4 Å². The van der Waals surface area contributed by atoms with E-state index in [1.54, 1.807) is 0 Å². The Kier molecular flexibility index (Phi) is 6.36. The maximum absolute atomic E-state index is 11.6. The predicted octanol–water partition coefficient (Wildman–Crippen LogP) is 2.12. The molecule has 0 aliphatic carbocycles. The fourth-order valence-corrected chi connectivity index (χ4v) is 1.64. The zero-order chi connectivity index (χ0) is 14.3. The number of carbonyl (C=O) groups excluding carboxylic acids is 1. The smallest absolute Gasteiger partial charge is 0.257 e. The van der Waals surface area contributed by atoms with E-state index < -0.39 is 0 Å². The third-order valence-electron chi connectivity index (χ3n) is 2.88. The number of hydrogen-bond acceptors (Lipinski definition) is 3. The summed E-state index contributed by atoms with van der Waals surface area (Å²) in [5.41, 5.74) is 1.06. The van der Waals surface area contributed by atoms with Crippen LogP contribution in [-0.2, 0) is 4.79 Å². The number of amides is 1. The summed E-state index contributed by atoms with van der Waals surface area (Å²) in [5, 5.41) is 6.00. The summed E-state index contributed by atoms with van der Waals surface area (Å²) in [6.45, 7) is 6.91. The minimum atomic E-state index is -0.0828. The lowest BCUT2D eigenvalue weighted by molar-refractivity contribution is -0.123. The zero-order valence-electron chi connectivity index (χ0n) is 12.2. The highest BCUT2D eigenvalue weighted by Gasteiger charge is 2.10. The van der Waals surface area contributed by atoms with Gasteiger partial charge in [-0.25, -0.2) is 0 Å². The molecule has 1 atom stereocenters. The largest absolute Gasteiger partial charge is 0.483 e. The fourth-order valence-electron chi connectivity index (χ4n) is 1.64. The molecule has 106 valence electrons. The molecule has 0 saturated heterocycles. The van der Waals surface area contributed by atoms with Gasteiger partial charge in [0.1, 0.15) is 5.75 Å². The van der Waals surface area contributed by atoms with Crippen LogP contribution >= 0.6 is 0 Å². The SMILES string of the molecule is CNC(C)c1ccccc1OCC(=O)NCC(C)C. The molecular formula is C15H24N2O2. The van der Waals surface area contributed by atoms with Crippen molar-refractivity contribution in [1.29, 1.82) is 0 Å². The molecule has 0 radical (unpaired) electrons. The van der Waals surface area contributed by atoms with Crippen LogP contribution in [0.5, 0.6) is 5.75 Å². The van der Waals surface area contributed by atoms with Gasteiger partial charge in [0.05, 0.1) is 0 Å². The highest BCUT2D eigenvalue weighted by Crippen LogP contribution is 2.24. The van der Waals surface area contributed by atoms with Crippen molar-refractivity contribution in [3.63, 3.8) is 0 Å². The third-order valence-corrected chi connectivity index (χ3v) is 2.88. The minimum Gasteiger partial charge on any atom is -0.483 e. The summed E-state index contributed by atoms with van der Waals surface area (Å²) >= 11 is 0. The molecule has 4 heteroatoms. The quantitative estimate of drug-likeness (QED) is 0.793. The summed E-state index contributed by atoms with van der Waals surface area (Å²) in [6, 6.07) is 7.96.